The van der Waals surface area contributed by atoms with Gasteiger partial charge < -0.3 is 4.74 Å². The van der Waals surface area contributed by atoms with Gasteiger partial charge in [-0.1, -0.05) is 39.7 Å². The highest BCUT2D eigenvalue weighted by Crippen LogP contribution is 2.28. The molecule has 0 spiro atoms. The molecule has 0 unspecified atom stereocenters. The van der Waals surface area contributed by atoms with E-state index in [4.69, 9.17) is 16.3 Å². The summed E-state index contributed by atoms with van der Waals surface area (Å²) in [5.74, 6) is 1.34. The van der Waals surface area contributed by atoms with Crippen molar-refractivity contribution in [3.63, 3.8) is 0 Å². The van der Waals surface area contributed by atoms with Gasteiger partial charge in [0.2, 0.25) is 0 Å². The van der Waals surface area contributed by atoms with Crippen molar-refractivity contribution in [1.82, 2.24) is 9.97 Å². The zero-order valence-electron chi connectivity index (χ0n) is 10.6. The molecule has 3 nitrogen and oxygen atoms in total. The number of hydrogen-bond donors (Lipinski definition) is 0. The van der Waals surface area contributed by atoms with Gasteiger partial charge in [-0.2, -0.15) is 0 Å². The van der Waals surface area contributed by atoms with Crippen molar-refractivity contribution < 1.29 is 4.74 Å². The second kappa shape index (κ2) is 5.38. The van der Waals surface area contributed by atoms with Crippen molar-refractivity contribution in [2.24, 2.45) is 0 Å². The highest BCUT2D eigenvalue weighted by molar-refractivity contribution is 9.10. The van der Waals surface area contributed by atoms with Gasteiger partial charge in [0.15, 0.2) is 5.82 Å². The van der Waals surface area contributed by atoms with E-state index in [1.54, 1.807) is 7.11 Å². The second-order valence-corrected chi connectivity index (χ2v) is 5.51. The van der Waals surface area contributed by atoms with E-state index in [-0.39, 0.29) is 0 Å². The Morgan fingerprint density at radius 2 is 1.95 bits per heavy atom. The predicted molar refractivity (Wildman–Crippen MR) is 84.2 cm³/mol. The minimum atomic E-state index is 0.445. The maximum atomic E-state index is 6.24. The molecule has 1 heterocycles. The zero-order chi connectivity index (χ0) is 14.1. The van der Waals surface area contributed by atoms with Crippen molar-refractivity contribution in [2.75, 3.05) is 7.11 Å². The monoisotopic (exact) mass is 348 g/mol. The van der Waals surface area contributed by atoms with Gasteiger partial charge in [0.1, 0.15) is 10.9 Å². The van der Waals surface area contributed by atoms with Crippen LogP contribution in [0, 0.1) is 0 Å². The Hall–Kier alpha value is -1.65. The summed E-state index contributed by atoms with van der Waals surface area (Å²) in [6.45, 7) is 0. The minimum absolute atomic E-state index is 0.445. The molecular weight excluding hydrogens is 340 g/mol. The normalized spacial score (nSPS) is 10.8. The molecule has 20 heavy (non-hydrogen) atoms. The number of rotatable bonds is 2. The van der Waals surface area contributed by atoms with Gasteiger partial charge >= 0.3 is 0 Å². The highest BCUT2D eigenvalue weighted by Gasteiger charge is 2.09. The van der Waals surface area contributed by atoms with E-state index in [2.05, 4.69) is 25.9 Å². The Kier molecular flexibility index (Phi) is 3.59. The number of halogens is 2. The number of ether oxygens (including phenoxy) is 1. The summed E-state index contributed by atoms with van der Waals surface area (Å²) in [4.78, 5) is 8.92. The molecule has 3 rings (SSSR count). The van der Waals surface area contributed by atoms with Crippen LogP contribution in [0.3, 0.4) is 0 Å². The molecule has 0 N–H and O–H groups in total. The van der Waals surface area contributed by atoms with E-state index < -0.39 is 0 Å². The lowest BCUT2D eigenvalue weighted by atomic mass is 10.2. The Bertz CT molecular complexity index is 792. The second-order valence-electron chi connectivity index (χ2n) is 4.23. The smallest absolute Gasteiger partial charge is 0.161 e. The molecule has 2 aromatic carbocycles. The molecule has 0 aliphatic carbocycles. The molecule has 0 saturated heterocycles. The molecule has 0 amide bonds. The van der Waals surface area contributed by atoms with E-state index in [0.29, 0.717) is 11.0 Å². The first-order valence-corrected chi connectivity index (χ1v) is 7.12. The van der Waals surface area contributed by atoms with Gasteiger partial charge in [-0.15, -0.1) is 0 Å². The van der Waals surface area contributed by atoms with Crippen molar-refractivity contribution in [2.45, 2.75) is 0 Å². The summed E-state index contributed by atoms with van der Waals surface area (Å²) in [6, 6.07) is 13.3. The van der Waals surface area contributed by atoms with Crippen molar-refractivity contribution >= 4 is 38.4 Å². The number of hydrogen-bond acceptors (Lipinski definition) is 3. The Balaban J connectivity index is 2.20. The van der Waals surface area contributed by atoms with Crippen LogP contribution in [0.15, 0.2) is 46.9 Å². The summed E-state index contributed by atoms with van der Waals surface area (Å²) in [5.41, 5.74) is 1.67. The average molecular weight is 350 g/mol. The van der Waals surface area contributed by atoms with Gasteiger partial charge in [-0.3, -0.25) is 0 Å². The summed E-state index contributed by atoms with van der Waals surface area (Å²) in [5, 5.41) is 1.28. The zero-order valence-corrected chi connectivity index (χ0v) is 12.9. The molecule has 5 heteroatoms. The van der Waals surface area contributed by atoms with Gasteiger partial charge in [0.25, 0.3) is 0 Å². The number of aromatic nitrogens is 2. The maximum Gasteiger partial charge on any atom is 0.161 e. The van der Waals surface area contributed by atoms with Crippen LogP contribution < -0.4 is 4.74 Å². The van der Waals surface area contributed by atoms with Crippen molar-refractivity contribution in [3.8, 4) is 17.1 Å². The van der Waals surface area contributed by atoms with Gasteiger partial charge in [-0.25, -0.2) is 9.97 Å². The van der Waals surface area contributed by atoms with E-state index in [1.165, 1.54) is 0 Å². The molecule has 3 aromatic rings. The van der Waals surface area contributed by atoms with E-state index in [0.717, 1.165) is 26.7 Å². The number of nitrogens with zero attached hydrogens (tertiary/aromatic N) is 2. The van der Waals surface area contributed by atoms with Gasteiger partial charge in [-0.05, 0) is 30.3 Å². The third-order valence-electron chi connectivity index (χ3n) is 2.94. The molecule has 0 aliphatic heterocycles. The first-order chi connectivity index (χ1) is 9.67. The first-order valence-electron chi connectivity index (χ1n) is 5.94. The Labute approximate surface area is 129 Å². The van der Waals surface area contributed by atoms with Gasteiger partial charge in [0.05, 0.1) is 12.6 Å². The van der Waals surface area contributed by atoms with Gasteiger partial charge in [0, 0.05) is 15.4 Å². The molecule has 0 radical (unpaired) electrons. The van der Waals surface area contributed by atoms with Crippen LogP contribution in [0.5, 0.6) is 5.75 Å². The van der Waals surface area contributed by atoms with Crippen LogP contribution in [-0.2, 0) is 0 Å². The highest BCUT2D eigenvalue weighted by atomic mass is 79.9. The molecule has 100 valence electrons. The lowest BCUT2D eigenvalue weighted by Gasteiger charge is -2.06. The van der Waals surface area contributed by atoms with Crippen molar-refractivity contribution in [1.29, 1.82) is 0 Å². The number of benzene rings is 2. The first kappa shape index (κ1) is 13.3. The molecule has 1 aromatic heterocycles. The van der Waals surface area contributed by atoms with Crippen LogP contribution in [-0.4, -0.2) is 17.1 Å². The lowest BCUT2D eigenvalue weighted by Crippen LogP contribution is -1.92. The summed E-state index contributed by atoms with van der Waals surface area (Å²) in [6.07, 6.45) is 0. The SMILES string of the molecule is COc1cccc(-c2nc(Cl)c3ccc(Br)cc3n2)c1. The van der Waals surface area contributed by atoms with Crippen LogP contribution in [0.25, 0.3) is 22.3 Å². The quantitative estimate of drug-likeness (QED) is 0.628. The minimum Gasteiger partial charge on any atom is -0.497 e. The molecule has 0 atom stereocenters. The van der Waals surface area contributed by atoms with Crippen LogP contribution >= 0.6 is 27.5 Å². The number of methoxy groups -OCH3 is 1. The molecule has 0 fully saturated rings. The largest absolute Gasteiger partial charge is 0.497 e. The van der Waals surface area contributed by atoms with E-state index in [1.807, 2.05) is 42.5 Å². The fourth-order valence-electron chi connectivity index (χ4n) is 1.96. The molecule has 0 aliphatic rings. The van der Waals surface area contributed by atoms with Crippen LogP contribution in [0.1, 0.15) is 0 Å². The van der Waals surface area contributed by atoms with Crippen LogP contribution in [0.4, 0.5) is 0 Å². The topological polar surface area (TPSA) is 35.0 Å². The molecule has 0 saturated carbocycles. The van der Waals surface area contributed by atoms with Crippen LogP contribution in [0.2, 0.25) is 5.15 Å². The molecular formula is C15H10BrClN2O. The summed E-state index contributed by atoms with van der Waals surface area (Å²) < 4.78 is 6.17. The predicted octanol–water partition coefficient (Wildman–Crippen LogP) is 4.72. The summed E-state index contributed by atoms with van der Waals surface area (Å²) >= 11 is 9.68. The summed E-state index contributed by atoms with van der Waals surface area (Å²) in [7, 11) is 1.63. The maximum absolute atomic E-state index is 6.24. The molecule has 0 bridgehead atoms. The van der Waals surface area contributed by atoms with E-state index in [9.17, 15) is 0 Å². The fourth-order valence-corrected chi connectivity index (χ4v) is 2.54. The fraction of sp³-hybridized carbons (Fsp3) is 0.0667. The Morgan fingerprint density at radius 1 is 1.10 bits per heavy atom. The lowest BCUT2D eigenvalue weighted by molar-refractivity contribution is 0.415. The average Bonchev–Trinajstić information content (AvgIpc) is 2.46. The third-order valence-corrected chi connectivity index (χ3v) is 3.72. The third kappa shape index (κ3) is 2.49. The standard InChI is InChI=1S/C15H10BrClN2O/c1-20-11-4-2-3-9(7-11)15-18-13-8-10(16)5-6-12(13)14(17)19-15/h2-8H,1H3. The Morgan fingerprint density at radius 3 is 2.75 bits per heavy atom. The van der Waals surface area contributed by atoms with Crippen molar-refractivity contribution in [3.05, 3.63) is 52.1 Å². The number of fused-ring (bicyclic) bond motifs is 1. The van der Waals surface area contributed by atoms with E-state index >= 15 is 0 Å².